The van der Waals surface area contributed by atoms with Crippen molar-refractivity contribution in [2.24, 2.45) is 16.6 Å². The highest BCUT2D eigenvalue weighted by atomic mass is 16.1. The lowest BCUT2D eigenvalue weighted by atomic mass is 10.2. The second-order valence-corrected chi connectivity index (χ2v) is 3.86. The summed E-state index contributed by atoms with van der Waals surface area (Å²) in [6.45, 7) is 10.6. The number of nitrogens with one attached hydrogen (secondary N) is 1. The Morgan fingerprint density at radius 3 is 2.38 bits per heavy atom. The lowest BCUT2D eigenvalue weighted by Crippen LogP contribution is -2.38. The molecule has 0 aromatic heterocycles. The van der Waals surface area contributed by atoms with E-state index in [1.54, 1.807) is 0 Å². The number of amides is 1. The molecular formula is C11H24N4O. The van der Waals surface area contributed by atoms with Crippen molar-refractivity contribution in [2.45, 2.75) is 27.7 Å². The fourth-order valence-corrected chi connectivity index (χ4v) is 1.20. The van der Waals surface area contributed by atoms with E-state index in [1.165, 1.54) is 0 Å². The minimum absolute atomic E-state index is 0.0177. The van der Waals surface area contributed by atoms with Crippen LogP contribution in [-0.2, 0) is 4.79 Å². The Morgan fingerprint density at radius 1 is 1.38 bits per heavy atom. The van der Waals surface area contributed by atoms with Gasteiger partial charge in [0, 0.05) is 25.6 Å². The van der Waals surface area contributed by atoms with E-state index in [0.717, 1.165) is 13.1 Å². The van der Waals surface area contributed by atoms with Crippen LogP contribution in [0.5, 0.6) is 0 Å². The monoisotopic (exact) mass is 228 g/mol. The van der Waals surface area contributed by atoms with E-state index >= 15 is 0 Å². The number of hydrogen-bond acceptors (Lipinski definition) is 2. The van der Waals surface area contributed by atoms with E-state index < -0.39 is 0 Å². The summed E-state index contributed by atoms with van der Waals surface area (Å²) in [5, 5.41) is 2.79. The van der Waals surface area contributed by atoms with Gasteiger partial charge in [-0.05, 0) is 13.8 Å². The van der Waals surface area contributed by atoms with E-state index in [1.807, 2.05) is 32.6 Å². The van der Waals surface area contributed by atoms with Crippen LogP contribution in [-0.4, -0.2) is 42.9 Å². The van der Waals surface area contributed by atoms with Crippen LogP contribution in [0.1, 0.15) is 27.7 Å². The summed E-state index contributed by atoms with van der Waals surface area (Å²) in [5.41, 5.74) is 5.78. The highest BCUT2D eigenvalue weighted by Crippen LogP contribution is 1.90. The van der Waals surface area contributed by atoms with E-state index in [9.17, 15) is 4.79 Å². The van der Waals surface area contributed by atoms with Crippen LogP contribution in [0.2, 0.25) is 0 Å². The highest BCUT2D eigenvalue weighted by Gasteiger charge is 2.05. The predicted molar refractivity (Wildman–Crippen MR) is 67.3 cm³/mol. The molecule has 0 aliphatic carbocycles. The van der Waals surface area contributed by atoms with Gasteiger partial charge in [-0.15, -0.1) is 0 Å². The maximum atomic E-state index is 11.2. The lowest BCUT2D eigenvalue weighted by Gasteiger charge is -2.19. The quantitative estimate of drug-likeness (QED) is 0.393. The first-order chi connectivity index (χ1) is 7.52. The summed E-state index contributed by atoms with van der Waals surface area (Å²) in [5.74, 6) is 0.615. The Kier molecular flexibility index (Phi) is 7.33. The summed E-state index contributed by atoms with van der Waals surface area (Å²) >= 11 is 0. The Morgan fingerprint density at radius 2 is 1.94 bits per heavy atom. The van der Waals surface area contributed by atoms with Gasteiger partial charge in [0.2, 0.25) is 5.91 Å². The average molecular weight is 228 g/mol. The number of guanidine groups is 1. The van der Waals surface area contributed by atoms with Gasteiger partial charge in [-0.3, -0.25) is 9.79 Å². The first-order valence-corrected chi connectivity index (χ1v) is 5.85. The number of carbonyl (C=O) groups is 1. The molecule has 0 aliphatic heterocycles. The molecule has 5 nitrogen and oxygen atoms in total. The van der Waals surface area contributed by atoms with E-state index in [2.05, 4.69) is 10.3 Å². The maximum Gasteiger partial charge on any atom is 0.222 e. The van der Waals surface area contributed by atoms with Gasteiger partial charge in [-0.1, -0.05) is 13.8 Å². The van der Waals surface area contributed by atoms with Gasteiger partial charge in [-0.2, -0.15) is 0 Å². The zero-order valence-electron chi connectivity index (χ0n) is 10.8. The number of nitrogens with two attached hydrogens (primary N) is 1. The van der Waals surface area contributed by atoms with Crippen molar-refractivity contribution < 1.29 is 4.79 Å². The normalized spacial score (nSPS) is 11.7. The predicted octanol–water partition coefficient (Wildman–Crippen LogP) is 0.415. The molecule has 0 aliphatic rings. The topological polar surface area (TPSA) is 70.7 Å². The van der Waals surface area contributed by atoms with Crippen molar-refractivity contribution in [3.63, 3.8) is 0 Å². The molecular weight excluding hydrogens is 204 g/mol. The van der Waals surface area contributed by atoms with E-state index in [0.29, 0.717) is 19.0 Å². The second-order valence-electron chi connectivity index (χ2n) is 3.86. The van der Waals surface area contributed by atoms with Crippen molar-refractivity contribution >= 4 is 11.9 Å². The molecule has 0 bridgehead atoms. The summed E-state index contributed by atoms with van der Waals surface area (Å²) in [6.07, 6.45) is 0. The van der Waals surface area contributed by atoms with Crippen LogP contribution in [0.15, 0.2) is 4.99 Å². The van der Waals surface area contributed by atoms with Crippen LogP contribution in [0.4, 0.5) is 0 Å². The zero-order valence-corrected chi connectivity index (χ0v) is 10.8. The molecule has 0 aromatic rings. The number of carbonyl (C=O) groups excluding carboxylic acids is 1. The molecule has 0 radical (unpaired) electrons. The van der Waals surface area contributed by atoms with Crippen molar-refractivity contribution in [3.05, 3.63) is 0 Å². The van der Waals surface area contributed by atoms with Gasteiger partial charge >= 0.3 is 0 Å². The molecule has 0 unspecified atom stereocenters. The number of rotatable bonds is 6. The molecule has 94 valence electrons. The molecule has 0 fully saturated rings. The Hall–Kier alpha value is -1.26. The maximum absolute atomic E-state index is 11.2. The van der Waals surface area contributed by atoms with Gasteiger partial charge in [0.25, 0.3) is 0 Å². The van der Waals surface area contributed by atoms with E-state index in [4.69, 9.17) is 5.73 Å². The minimum Gasteiger partial charge on any atom is -0.370 e. The first-order valence-electron chi connectivity index (χ1n) is 5.85. The molecule has 16 heavy (non-hydrogen) atoms. The van der Waals surface area contributed by atoms with Gasteiger partial charge in [0.1, 0.15) is 0 Å². The highest BCUT2D eigenvalue weighted by molar-refractivity contribution is 5.78. The van der Waals surface area contributed by atoms with Crippen LogP contribution in [0.3, 0.4) is 0 Å². The Bertz CT molecular complexity index is 234. The van der Waals surface area contributed by atoms with Crippen molar-refractivity contribution in [1.82, 2.24) is 10.2 Å². The van der Waals surface area contributed by atoms with Crippen LogP contribution in [0.25, 0.3) is 0 Å². The third-order valence-electron chi connectivity index (χ3n) is 2.30. The molecule has 0 atom stereocenters. The molecule has 1 amide bonds. The number of hydrogen-bond donors (Lipinski definition) is 2. The van der Waals surface area contributed by atoms with Gasteiger partial charge < -0.3 is 16.0 Å². The van der Waals surface area contributed by atoms with Crippen LogP contribution < -0.4 is 11.1 Å². The van der Waals surface area contributed by atoms with Crippen molar-refractivity contribution in [2.75, 3.05) is 26.2 Å². The fourth-order valence-electron chi connectivity index (χ4n) is 1.20. The average Bonchev–Trinajstić information content (AvgIpc) is 2.25. The number of aliphatic imine (C=N–C) groups is 1. The van der Waals surface area contributed by atoms with Crippen molar-refractivity contribution in [1.29, 1.82) is 0 Å². The molecule has 0 saturated heterocycles. The molecule has 0 saturated carbocycles. The third kappa shape index (κ3) is 5.58. The van der Waals surface area contributed by atoms with Gasteiger partial charge in [0.15, 0.2) is 5.96 Å². The molecule has 3 N–H and O–H groups in total. The summed E-state index contributed by atoms with van der Waals surface area (Å²) in [4.78, 5) is 17.4. The van der Waals surface area contributed by atoms with Crippen LogP contribution >= 0.6 is 0 Å². The van der Waals surface area contributed by atoms with Gasteiger partial charge in [0.05, 0.1) is 6.54 Å². The molecule has 0 spiro atoms. The smallest absolute Gasteiger partial charge is 0.222 e. The zero-order chi connectivity index (χ0) is 12.6. The molecule has 0 rings (SSSR count). The lowest BCUT2D eigenvalue weighted by molar-refractivity contribution is -0.123. The van der Waals surface area contributed by atoms with Crippen LogP contribution in [0, 0.1) is 5.92 Å². The minimum atomic E-state index is 0.0177. The molecule has 0 aromatic carbocycles. The number of nitrogens with zero attached hydrogens (tertiary/aromatic N) is 2. The Balaban J connectivity index is 3.87. The third-order valence-corrected chi connectivity index (χ3v) is 2.30. The summed E-state index contributed by atoms with van der Waals surface area (Å²) < 4.78 is 0. The van der Waals surface area contributed by atoms with Crippen molar-refractivity contribution in [3.8, 4) is 0 Å². The second kappa shape index (κ2) is 7.96. The van der Waals surface area contributed by atoms with Gasteiger partial charge in [-0.25, -0.2) is 0 Å². The SMILES string of the molecule is CCN(CC)C(N)=NCCNC(=O)C(C)C. The Labute approximate surface area is 98.1 Å². The largest absolute Gasteiger partial charge is 0.370 e. The first kappa shape index (κ1) is 14.7. The summed E-state index contributed by atoms with van der Waals surface area (Å²) in [7, 11) is 0. The molecule has 0 heterocycles. The standard InChI is InChI=1S/C11H24N4O/c1-5-15(6-2)11(12)14-8-7-13-10(16)9(3)4/h9H,5-8H2,1-4H3,(H2,12,14)(H,13,16). The van der Waals surface area contributed by atoms with E-state index in [-0.39, 0.29) is 11.8 Å². The summed E-state index contributed by atoms with van der Waals surface area (Å²) in [6, 6.07) is 0. The fraction of sp³-hybridized carbons (Fsp3) is 0.818. The molecule has 5 heteroatoms.